The number of esters is 1. The summed E-state index contributed by atoms with van der Waals surface area (Å²) in [6, 6.07) is 4.80. The van der Waals surface area contributed by atoms with Crippen molar-refractivity contribution in [2.75, 3.05) is 26.7 Å². The first-order valence-corrected chi connectivity index (χ1v) is 8.90. The summed E-state index contributed by atoms with van der Waals surface area (Å²) in [5, 5.41) is 3.25. The molecule has 0 amide bonds. The molecule has 8 heteroatoms. The van der Waals surface area contributed by atoms with Crippen LogP contribution in [-0.4, -0.2) is 43.6 Å². The van der Waals surface area contributed by atoms with Gasteiger partial charge in [-0.3, -0.25) is 9.79 Å². The van der Waals surface area contributed by atoms with Crippen LogP contribution in [0.1, 0.15) is 25.3 Å². The van der Waals surface area contributed by atoms with Crippen molar-refractivity contribution in [2.45, 2.75) is 26.3 Å². The third-order valence-electron chi connectivity index (χ3n) is 4.00. The molecule has 0 spiro atoms. The van der Waals surface area contributed by atoms with Crippen LogP contribution in [0.2, 0.25) is 0 Å². The number of likely N-dealkylation sites (tertiary alicyclic amines) is 1. The van der Waals surface area contributed by atoms with E-state index in [4.69, 9.17) is 4.74 Å². The average Bonchev–Trinajstić information content (AvgIpc) is 2.55. The molecule has 0 aromatic heterocycles. The second-order valence-corrected chi connectivity index (χ2v) is 6.61. The Morgan fingerprint density at radius 3 is 2.64 bits per heavy atom. The molecule has 25 heavy (non-hydrogen) atoms. The molecule has 1 aliphatic heterocycles. The Morgan fingerprint density at radius 1 is 1.40 bits per heavy atom. The minimum Gasteiger partial charge on any atom is -0.466 e. The van der Waals surface area contributed by atoms with E-state index in [0.717, 1.165) is 37.5 Å². The third-order valence-corrected chi connectivity index (χ3v) is 4.46. The molecule has 0 bridgehead atoms. The number of rotatable bonds is 4. The van der Waals surface area contributed by atoms with Gasteiger partial charge < -0.3 is 15.0 Å². The molecule has 1 saturated heterocycles. The quantitative estimate of drug-likeness (QED) is 0.281. The Hall–Kier alpha value is -0.900. The molecule has 5 nitrogen and oxygen atoms in total. The van der Waals surface area contributed by atoms with Gasteiger partial charge in [-0.1, -0.05) is 15.9 Å². The molecule has 2 rings (SSSR count). The number of aliphatic imine (C=N–C) groups is 1. The summed E-state index contributed by atoms with van der Waals surface area (Å²) in [7, 11) is 1.72. The summed E-state index contributed by atoms with van der Waals surface area (Å²) in [4.78, 5) is 18.2. The fraction of sp³-hybridized carbons (Fsp3) is 0.529. The van der Waals surface area contributed by atoms with Crippen LogP contribution in [0.5, 0.6) is 0 Å². The largest absolute Gasteiger partial charge is 0.466 e. The number of nitrogens with one attached hydrogen (secondary N) is 1. The second kappa shape index (κ2) is 10.9. The molecule has 0 radical (unpaired) electrons. The van der Waals surface area contributed by atoms with E-state index in [1.54, 1.807) is 7.05 Å². The van der Waals surface area contributed by atoms with Crippen molar-refractivity contribution in [1.82, 2.24) is 10.2 Å². The Kier molecular flexibility index (Phi) is 9.70. The van der Waals surface area contributed by atoms with Crippen molar-refractivity contribution < 1.29 is 13.9 Å². The van der Waals surface area contributed by atoms with Gasteiger partial charge in [0.15, 0.2) is 5.96 Å². The highest BCUT2D eigenvalue weighted by Gasteiger charge is 2.27. The first-order chi connectivity index (χ1) is 11.5. The monoisotopic (exact) mass is 527 g/mol. The molecule has 1 aromatic carbocycles. The number of piperidine rings is 1. The lowest BCUT2D eigenvalue weighted by molar-refractivity contribution is -0.149. The smallest absolute Gasteiger partial charge is 0.309 e. The topological polar surface area (TPSA) is 53.9 Å². The maximum absolute atomic E-state index is 13.4. The molecule has 1 fully saturated rings. The van der Waals surface area contributed by atoms with Crippen LogP contribution in [0.15, 0.2) is 27.7 Å². The van der Waals surface area contributed by atoms with Crippen LogP contribution in [0.4, 0.5) is 4.39 Å². The SMILES string of the molecule is CCOC(=O)C1CCN(C(=NC)NCc2cc(F)cc(Br)c2)CC1.I. The van der Waals surface area contributed by atoms with Crippen molar-refractivity contribution in [3.05, 3.63) is 34.1 Å². The Morgan fingerprint density at radius 2 is 2.08 bits per heavy atom. The number of carbonyl (C=O) groups is 1. The van der Waals surface area contributed by atoms with Crippen molar-refractivity contribution in [1.29, 1.82) is 0 Å². The number of carbonyl (C=O) groups excluding carboxylic acids is 1. The Labute approximate surface area is 173 Å². The maximum atomic E-state index is 13.4. The lowest BCUT2D eigenvalue weighted by Gasteiger charge is -2.33. The number of hydrogen-bond acceptors (Lipinski definition) is 3. The summed E-state index contributed by atoms with van der Waals surface area (Å²) < 4.78 is 19.2. The van der Waals surface area contributed by atoms with Gasteiger partial charge >= 0.3 is 5.97 Å². The highest BCUT2D eigenvalue weighted by molar-refractivity contribution is 14.0. The molecule has 0 aliphatic carbocycles. The maximum Gasteiger partial charge on any atom is 0.309 e. The van der Waals surface area contributed by atoms with Crippen molar-refractivity contribution in [3.8, 4) is 0 Å². The van der Waals surface area contributed by atoms with Crippen LogP contribution >= 0.6 is 39.9 Å². The summed E-state index contributed by atoms with van der Waals surface area (Å²) in [6.07, 6.45) is 1.51. The molecule has 1 aliphatic rings. The molecule has 0 saturated carbocycles. The van der Waals surface area contributed by atoms with Crippen molar-refractivity contribution >= 4 is 51.8 Å². The van der Waals surface area contributed by atoms with Gasteiger partial charge in [0.2, 0.25) is 0 Å². The van der Waals surface area contributed by atoms with Crippen LogP contribution in [0.3, 0.4) is 0 Å². The second-order valence-electron chi connectivity index (χ2n) is 5.69. The molecule has 1 N–H and O–H groups in total. The van der Waals surface area contributed by atoms with Gasteiger partial charge in [-0.05, 0) is 43.5 Å². The summed E-state index contributed by atoms with van der Waals surface area (Å²) in [5.74, 6) is 0.354. The minimum atomic E-state index is -0.272. The number of guanidine groups is 1. The average molecular weight is 528 g/mol. The third kappa shape index (κ3) is 6.73. The highest BCUT2D eigenvalue weighted by atomic mass is 127. The van der Waals surface area contributed by atoms with Gasteiger partial charge in [-0.15, -0.1) is 24.0 Å². The van der Waals surface area contributed by atoms with E-state index in [-0.39, 0.29) is 41.7 Å². The van der Waals surface area contributed by atoms with Gasteiger partial charge in [0.25, 0.3) is 0 Å². The van der Waals surface area contributed by atoms with Crippen LogP contribution in [0.25, 0.3) is 0 Å². The van der Waals surface area contributed by atoms with E-state index < -0.39 is 0 Å². The molecule has 140 valence electrons. The predicted octanol–water partition coefficient (Wildman–Crippen LogP) is 3.56. The molecule has 1 heterocycles. The molecular weight excluding hydrogens is 504 g/mol. The fourth-order valence-corrected chi connectivity index (χ4v) is 3.33. The Bertz CT molecular complexity index is 587. The van der Waals surface area contributed by atoms with Gasteiger partial charge in [0.05, 0.1) is 12.5 Å². The molecule has 1 aromatic rings. The zero-order valence-electron chi connectivity index (χ0n) is 14.4. The van der Waals surface area contributed by atoms with Gasteiger partial charge in [0, 0.05) is 31.2 Å². The first kappa shape index (κ1) is 22.1. The molecule has 0 atom stereocenters. The zero-order chi connectivity index (χ0) is 17.5. The van der Waals surface area contributed by atoms with E-state index in [2.05, 4.69) is 31.1 Å². The molecular formula is C17H24BrFIN3O2. The van der Waals surface area contributed by atoms with E-state index in [9.17, 15) is 9.18 Å². The van der Waals surface area contributed by atoms with E-state index in [1.807, 2.05) is 13.0 Å². The number of halogens is 3. The lowest BCUT2D eigenvalue weighted by Crippen LogP contribution is -2.46. The standard InChI is InChI=1S/C17H23BrFN3O2.HI/c1-3-24-16(23)13-4-6-22(7-5-13)17(20-2)21-11-12-8-14(18)10-15(19)9-12;/h8-10,13H,3-7,11H2,1-2H3,(H,20,21);1H. The predicted molar refractivity (Wildman–Crippen MR) is 111 cm³/mol. The van der Waals surface area contributed by atoms with Gasteiger partial charge in [0.1, 0.15) is 5.82 Å². The first-order valence-electron chi connectivity index (χ1n) is 8.10. The lowest BCUT2D eigenvalue weighted by atomic mass is 9.97. The number of ether oxygens (including phenoxy) is 1. The van der Waals surface area contributed by atoms with E-state index in [0.29, 0.717) is 17.6 Å². The number of hydrogen-bond donors (Lipinski definition) is 1. The number of benzene rings is 1. The van der Waals surface area contributed by atoms with Crippen molar-refractivity contribution in [2.24, 2.45) is 10.9 Å². The van der Waals surface area contributed by atoms with E-state index >= 15 is 0 Å². The summed E-state index contributed by atoms with van der Waals surface area (Å²) in [5.41, 5.74) is 0.837. The molecule has 0 unspecified atom stereocenters. The normalized spacial score (nSPS) is 15.5. The minimum absolute atomic E-state index is 0. The van der Waals surface area contributed by atoms with Crippen LogP contribution in [-0.2, 0) is 16.1 Å². The van der Waals surface area contributed by atoms with Crippen LogP contribution < -0.4 is 5.32 Å². The van der Waals surface area contributed by atoms with E-state index in [1.165, 1.54) is 12.1 Å². The number of nitrogens with zero attached hydrogens (tertiary/aromatic N) is 2. The van der Waals surface area contributed by atoms with Crippen molar-refractivity contribution in [3.63, 3.8) is 0 Å². The fourth-order valence-electron chi connectivity index (χ4n) is 2.81. The zero-order valence-corrected chi connectivity index (χ0v) is 18.3. The Balaban J connectivity index is 0.00000312. The highest BCUT2D eigenvalue weighted by Crippen LogP contribution is 2.19. The summed E-state index contributed by atoms with van der Waals surface area (Å²) >= 11 is 3.29. The summed E-state index contributed by atoms with van der Waals surface area (Å²) in [6.45, 7) is 4.22. The van der Waals surface area contributed by atoms with Gasteiger partial charge in [-0.2, -0.15) is 0 Å². The van der Waals surface area contributed by atoms with Crippen LogP contribution in [0, 0.1) is 11.7 Å². The van der Waals surface area contributed by atoms with Gasteiger partial charge in [-0.25, -0.2) is 4.39 Å².